The van der Waals surface area contributed by atoms with Crippen molar-refractivity contribution in [1.29, 1.82) is 0 Å². The minimum absolute atomic E-state index is 0.00211. The highest BCUT2D eigenvalue weighted by molar-refractivity contribution is 5.81. The Morgan fingerprint density at radius 2 is 2.22 bits per heavy atom. The summed E-state index contributed by atoms with van der Waals surface area (Å²) in [6.45, 7) is 0.871. The zero-order valence-corrected chi connectivity index (χ0v) is 10.3. The zero-order valence-electron chi connectivity index (χ0n) is 10.3. The van der Waals surface area contributed by atoms with Gasteiger partial charge < -0.3 is 15.3 Å². The Morgan fingerprint density at radius 1 is 1.56 bits per heavy atom. The highest BCUT2D eigenvalue weighted by atomic mass is 19.4. The number of carbonyl (C=O) groups is 1. The second kappa shape index (κ2) is 6.38. The van der Waals surface area contributed by atoms with Crippen LogP contribution in [0.25, 0.3) is 0 Å². The fourth-order valence-corrected chi connectivity index (χ4v) is 2.10. The molecule has 1 saturated heterocycles. The van der Waals surface area contributed by atoms with Gasteiger partial charge in [0.2, 0.25) is 0 Å². The van der Waals surface area contributed by atoms with Gasteiger partial charge in [-0.05, 0) is 32.2 Å². The Labute approximate surface area is 104 Å². The van der Waals surface area contributed by atoms with E-state index in [2.05, 4.69) is 5.32 Å². The number of halogens is 3. The summed E-state index contributed by atoms with van der Waals surface area (Å²) in [5.41, 5.74) is 0. The number of carbonyl (C=O) groups excluding carboxylic acids is 1. The molecule has 0 aliphatic carbocycles. The molecule has 106 valence electrons. The lowest BCUT2D eigenvalue weighted by atomic mass is 10.0. The Bertz CT molecular complexity index is 278. The maximum absolute atomic E-state index is 12.1. The zero-order chi connectivity index (χ0) is 13.8. The lowest BCUT2D eigenvalue weighted by Gasteiger charge is -2.21. The number of nitrogens with zero attached hydrogens (tertiary/aromatic N) is 1. The van der Waals surface area contributed by atoms with Crippen LogP contribution < -0.4 is 5.32 Å². The van der Waals surface area contributed by atoms with Crippen LogP contribution >= 0.6 is 0 Å². The molecule has 2 atom stereocenters. The number of hydrogen-bond donors (Lipinski definition) is 2. The second-order valence-corrected chi connectivity index (χ2v) is 4.64. The van der Waals surface area contributed by atoms with Crippen molar-refractivity contribution in [2.75, 3.05) is 20.1 Å². The van der Waals surface area contributed by atoms with Gasteiger partial charge in [-0.25, -0.2) is 0 Å². The smallest absolute Gasteiger partial charge is 0.392 e. The Morgan fingerprint density at radius 3 is 2.72 bits per heavy atom. The molecular formula is C11H19F3N2O2. The SMILES string of the molecule is CN(CCC[C@@H](O)[C@@H]1CCCN1)C(=O)C(F)(F)F. The Hall–Kier alpha value is -0.820. The first kappa shape index (κ1) is 15.2. The molecule has 1 aliphatic rings. The van der Waals surface area contributed by atoms with Crippen molar-refractivity contribution >= 4 is 5.91 Å². The van der Waals surface area contributed by atoms with E-state index < -0.39 is 18.2 Å². The molecule has 1 amide bonds. The van der Waals surface area contributed by atoms with Crippen LogP contribution in [0.1, 0.15) is 25.7 Å². The van der Waals surface area contributed by atoms with Gasteiger partial charge in [0.05, 0.1) is 6.10 Å². The molecule has 0 aromatic carbocycles. The summed E-state index contributed by atoms with van der Waals surface area (Å²) in [6, 6.07) is 0.0358. The van der Waals surface area contributed by atoms with Crippen LogP contribution in [-0.4, -0.2) is 54.4 Å². The molecule has 1 rings (SSSR count). The molecule has 4 nitrogen and oxygen atoms in total. The van der Waals surface area contributed by atoms with Crippen LogP contribution in [0, 0.1) is 0 Å². The van der Waals surface area contributed by atoms with Crippen LogP contribution in [0.5, 0.6) is 0 Å². The van der Waals surface area contributed by atoms with Crippen molar-refractivity contribution in [3.8, 4) is 0 Å². The predicted octanol–water partition coefficient (Wildman–Crippen LogP) is 0.900. The summed E-state index contributed by atoms with van der Waals surface area (Å²) in [6.07, 6.45) is -2.72. The summed E-state index contributed by atoms with van der Waals surface area (Å²) in [7, 11) is 1.12. The summed E-state index contributed by atoms with van der Waals surface area (Å²) in [4.78, 5) is 11.5. The van der Waals surface area contributed by atoms with E-state index >= 15 is 0 Å². The maximum Gasteiger partial charge on any atom is 0.471 e. The normalized spacial score (nSPS) is 21.9. The van der Waals surface area contributed by atoms with E-state index in [9.17, 15) is 23.1 Å². The summed E-state index contributed by atoms with van der Waals surface area (Å²) >= 11 is 0. The summed E-state index contributed by atoms with van der Waals surface area (Å²) in [5, 5.41) is 12.9. The van der Waals surface area contributed by atoms with Gasteiger partial charge in [0, 0.05) is 19.6 Å². The molecule has 1 fully saturated rings. The molecule has 7 heteroatoms. The number of aliphatic hydroxyl groups is 1. The van der Waals surface area contributed by atoms with E-state index in [0.29, 0.717) is 17.7 Å². The first-order chi connectivity index (χ1) is 8.32. The number of hydrogen-bond acceptors (Lipinski definition) is 3. The number of amides is 1. The van der Waals surface area contributed by atoms with Crippen molar-refractivity contribution in [2.24, 2.45) is 0 Å². The molecule has 0 bridgehead atoms. The van der Waals surface area contributed by atoms with Crippen LogP contribution in [0.15, 0.2) is 0 Å². The molecule has 0 radical (unpaired) electrons. The third-order valence-corrected chi connectivity index (χ3v) is 3.15. The van der Waals surface area contributed by atoms with Gasteiger partial charge in [-0.1, -0.05) is 0 Å². The van der Waals surface area contributed by atoms with Crippen molar-refractivity contribution in [2.45, 2.75) is 44.0 Å². The van der Waals surface area contributed by atoms with Gasteiger partial charge in [0.15, 0.2) is 0 Å². The maximum atomic E-state index is 12.1. The molecular weight excluding hydrogens is 249 g/mol. The van der Waals surface area contributed by atoms with Crippen LogP contribution in [-0.2, 0) is 4.79 Å². The number of rotatable bonds is 5. The van der Waals surface area contributed by atoms with E-state index in [-0.39, 0.29) is 12.6 Å². The fourth-order valence-electron chi connectivity index (χ4n) is 2.10. The average Bonchev–Trinajstić information content (AvgIpc) is 2.79. The molecule has 1 heterocycles. The molecule has 0 unspecified atom stereocenters. The Balaban J connectivity index is 2.22. The number of nitrogens with one attached hydrogen (secondary N) is 1. The highest BCUT2D eigenvalue weighted by Crippen LogP contribution is 2.18. The van der Waals surface area contributed by atoms with Crippen LogP contribution in [0.3, 0.4) is 0 Å². The van der Waals surface area contributed by atoms with Gasteiger partial charge in [-0.15, -0.1) is 0 Å². The molecule has 0 aromatic heterocycles. The Kier molecular flexibility index (Phi) is 5.40. The minimum atomic E-state index is -4.82. The molecule has 0 saturated carbocycles. The number of alkyl halides is 3. The standard InChI is InChI=1S/C11H19F3N2O2/c1-16(10(18)11(12,13)14)7-3-5-9(17)8-4-2-6-15-8/h8-9,15,17H,2-7H2,1H3/t8-,9+/m0/s1. The third kappa shape index (κ3) is 4.45. The lowest BCUT2D eigenvalue weighted by Crippen LogP contribution is -2.40. The fraction of sp³-hybridized carbons (Fsp3) is 0.909. The summed E-state index contributed by atoms with van der Waals surface area (Å²) < 4.78 is 36.2. The molecule has 0 spiro atoms. The first-order valence-corrected chi connectivity index (χ1v) is 6.06. The molecule has 1 aliphatic heterocycles. The molecule has 18 heavy (non-hydrogen) atoms. The second-order valence-electron chi connectivity index (χ2n) is 4.64. The topological polar surface area (TPSA) is 52.6 Å². The van der Waals surface area contributed by atoms with E-state index in [1.54, 1.807) is 0 Å². The highest BCUT2D eigenvalue weighted by Gasteiger charge is 2.41. The van der Waals surface area contributed by atoms with Gasteiger partial charge >= 0.3 is 12.1 Å². The molecule has 0 aromatic rings. The van der Waals surface area contributed by atoms with E-state index in [4.69, 9.17) is 0 Å². The first-order valence-electron chi connectivity index (χ1n) is 6.06. The van der Waals surface area contributed by atoms with Crippen LogP contribution in [0.4, 0.5) is 13.2 Å². The van der Waals surface area contributed by atoms with Crippen LogP contribution in [0.2, 0.25) is 0 Å². The predicted molar refractivity (Wildman–Crippen MR) is 60.0 cm³/mol. The van der Waals surface area contributed by atoms with Crippen molar-refractivity contribution in [3.05, 3.63) is 0 Å². The van der Waals surface area contributed by atoms with Gasteiger partial charge in [-0.3, -0.25) is 4.79 Å². The quantitative estimate of drug-likeness (QED) is 0.779. The van der Waals surface area contributed by atoms with E-state index in [1.165, 1.54) is 0 Å². The summed E-state index contributed by atoms with van der Waals surface area (Å²) in [5.74, 6) is -1.84. The lowest BCUT2D eigenvalue weighted by molar-refractivity contribution is -0.184. The van der Waals surface area contributed by atoms with Gasteiger partial charge in [0.25, 0.3) is 0 Å². The monoisotopic (exact) mass is 268 g/mol. The average molecular weight is 268 g/mol. The largest absolute Gasteiger partial charge is 0.471 e. The molecule has 2 N–H and O–H groups in total. The van der Waals surface area contributed by atoms with Crippen molar-refractivity contribution < 1.29 is 23.1 Å². The van der Waals surface area contributed by atoms with E-state index in [0.717, 1.165) is 26.4 Å². The van der Waals surface area contributed by atoms with Crippen molar-refractivity contribution in [1.82, 2.24) is 10.2 Å². The van der Waals surface area contributed by atoms with Gasteiger partial charge in [0.1, 0.15) is 0 Å². The van der Waals surface area contributed by atoms with E-state index in [1.807, 2.05) is 0 Å². The number of aliphatic hydroxyl groups excluding tert-OH is 1. The van der Waals surface area contributed by atoms with Gasteiger partial charge in [-0.2, -0.15) is 13.2 Å². The van der Waals surface area contributed by atoms with Crippen molar-refractivity contribution in [3.63, 3.8) is 0 Å². The third-order valence-electron chi connectivity index (χ3n) is 3.15. The minimum Gasteiger partial charge on any atom is -0.392 e.